The number of aryl methyl sites for hydroxylation is 1. The van der Waals surface area contributed by atoms with Crippen molar-refractivity contribution in [3.8, 4) is 0 Å². The van der Waals surface area contributed by atoms with Crippen molar-refractivity contribution >= 4 is 39.3 Å². The van der Waals surface area contributed by atoms with Gasteiger partial charge in [-0.05, 0) is 101 Å². The highest BCUT2D eigenvalue weighted by Crippen LogP contribution is 2.32. The molecule has 3 aromatic rings. The third-order valence-electron chi connectivity index (χ3n) is 9.06. The molecule has 9 nitrogen and oxygen atoms in total. The molecule has 2 aliphatic rings. The van der Waals surface area contributed by atoms with Crippen LogP contribution in [0.1, 0.15) is 86.5 Å². The Hall–Kier alpha value is -3.47. The monoisotopic (exact) mass is 662 g/mol. The Kier molecular flexibility index (Phi) is 11.6. The SMILES string of the molecule is Cc1ccc2cc(C(=O)NC3(C(=O)NC(COCCC4CCN(NC(=O)OC(C)(C)C)CC4)Cc4ccccc4)CCCC3)sc2c1. The normalized spacial score (nSPS) is 17.7. The summed E-state index contributed by atoms with van der Waals surface area (Å²) in [6.07, 6.45) is 6.10. The number of ether oxygens (including phenoxy) is 2. The average molecular weight is 663 g/mol. The van der Waals surface area contributed by atoms with Crippen molar-refractivity contribution in [2.45, 2.75) is 96.2 Å². The van der Waals surface area contributed by atoms with E-state index < -0.39 is 17.2 Å². The highest BCUT2D eigenvalue weighted by molar-refractivity contribution is 7.20. The number of carbonyl (C=O) groups is 3. The summed E-state index contributed by atoms with van der Waals surface area (Å²) in [6.45, 7) is 10.1. The van der Waals surface area contributed by atoms with Crippen LogP contribution in [0.2, 0.25) is 0 Å². The van der Waals surface area contributed by atoms with Crippen molar-refractivity contribution in [1.82, 2.24) is 21.1 Å². The molecule has 1 aliphatic heterocycles. The maximum Gasteiger partial charge on any atom is 0.422 e. The van der Waals surface area contributed by atoms with Crippen molar-refractivity contribution in [2.75, 3.05) is 26.3 Å². The van der Waals surface area contributed by atoms with E-state index in [1.807, 2.05) is 69.1 Å². The molecule has 10 heteroatoms. The van der Waals surface area contributed by atoms with Gasteiger partial charge in [-0.15, -0.1) is 11.3 Å². The molecule has 1 atom stereocenters. The smallest absolute Gasteiger partial charge is 0.422 e. The summed E-state index contributed by atoms with van der Waals surface area (Å²) in [5, 5.41) is 9.42. The lowest BCUT2D eigenvalue weighted by molar-refractivity contribution is -0.128. The van der Waals surface area contributed by atoms with Gasteiger partial charge >= 0.3 is 6.09 Å². The quantitative estimate of drug-likeness (QED) is 0.190. The van der Waals surface area contributed by atoms with Gasteiger partial charge < -0.3 is 20.1 Å². The van der Waals surface area contributed by atoms with Crippen molar-refractivity contribution in [3.05, 3.63) is 70.6 Å². The lowest BCUT2D eigenvalue weighted by Gasteiger charge is -2.33. The van der Waals surface area contributed by atoms with Gasteiger partial charge in [-0.1, -0.05) is 55.3 Å². The van der Waals surface area contributed by atoms with Crippen LogP contribution in [-0.2, 0) is 20.7 Å². The molecule has 1 aromatic heterocycles. The first-order valence-electron chi connectivity index (χ1n) is 17.0. The van der Waals surface area contributed by atoms with E-state index in [9.17, 15) is 14.4 Å². The van der Waals surface area contributed by atoms with Crippen molar-refractivity contribution in [2.24, 2.45) is 5.92 Å². The molecule has 0 bridgehead atoms. The van der Waals surface area contributed by atoms with E-state index in [4.69, 9.17) is 9.47 Å². The van der Waals surface area contributed by atoms with Gasteiger partial charge in [-0.25, -0.2) is 9.80 Å². The van der Waals surface area contributed by atoms with Gasteiger partial charge in [-0.3, -0.25) is 15.0 Å². The Morgan fingerprint density at radius 2 is 1.74 bits per heavy atom. The maximum atomic E-state index is 14.0. The Morgan fingerprint density at radius 1 is 1.02 bits per heavy atom. The van der Waals surface area contributed by atoms with E-state index in [1.54, 1.807) is 0 Å². The molecule has 2 heterocycles. The molecule has 0 spiro atoms. The van der Waals surface area contributed by atoms with Crippen LogP contribution in [0, 0.1) is 12.8 Å². The predicted molar refractivity (Wildman–Crippen MR) is 186 cm³/mol. The number of hydrogen-bond acceptors (Lipinski definition) is 7. The van der Waals surface area contributed by atoms with Crippen LogP contribution in [0.15, 0.2) is 54.6 Å². The first-order valence-corrected chi connectivity index (χ1v) is 17.8. The minimum absolute atomic E-state index is 0.130. The fourth-order valence-electron chi connectivity index (χ4n) is 6.53. The molecule has 1 unspecified atom stereocenters. The van der Waals surface area contributed by atoms with Gasteiger partial charge in [0.05, 0.1) is 17.5 Å². The number of nitrogens with zero attached hydrogens (tertiary/aromatic N) is 1. The molecule has 2 aromatic carbocycles. The topological polar surface area (TPSA) is 109 Å². The molecule has 3 N–H and O–H groups in total. The largest absolute Gasteiger partial charge is 0.443 e. The number of benzene rings is 2. The van der Waals surface area contributed by atoms with E-state index in [1.165, 1.54) is 11.3 Å². The van der Waals surface area contributed by atoms with Crippen molar-refractivity contribution in [1.29, 1.82) is 0 Å². The van der Waals surface area contributed by atoms with Gasteiger partial charge in [0.1, 0.15) is 11.1 Å². The molecule has 2 fully saturated rings. The number of fused-ring (bicyclic) bond motifs is 1. The lowest BCUT2D eigenvalue weighted by atomic mass is 9.94. The first-order chi connectivity index (χ1) is 22.5. The van der Waals surface area contributed by atoms with Crippen molar-refractivity contribution < 1.29 is 23.9 Å². The number of hydrogen-bond donors (Lipinski definition) is 3. The minimum Gasteiger partial charge on any atom is -0.443 e. The summed E-state index contributed by atoms with van der Waals surface area (Å²) in [6, 6.07) is 18.0. The Bertz CT molecular complexity index is 1500. The predicted octanol–water partition coefficient (Wildman–Crippen LogP) is 6.54. The molecule has 1 saturated heterocycles. The number of amides is 3. The van der Waals surface area contributed by atoms with Gasteiger partial charge in [0.2, 0.25) is 5.91 Å². The average Bonchev–Trinajstić information content (AvgIpc) is 3.67. The van der Waals surface area contributed by atoms with Crippen LogP contribution >= 0.6 is 11.3 Å². The van der Waals surface area contributed by atoms with Crippen LogP contribution in [0.25, 0.3) is 10.1 Å². The van der Waals surface area contributed by atoms with E-state index in [0.717, 1.165) is 66.4 Å². The second-order valence-corrected chi connectivity index (χ2v) is 15.2. The maximum absolute atomic E-state index is 14.0. The second-order valence-electron chi connectivity index (χ2n) is 14.2. The molecule has 0 radical (unpaired) electrons. The zero-order valence-electron chi connectivity index (χ0n) is 28.2. The van der Waals surface area contributed by atoms with Crippen LogP contribution < -0.4 is 16.1 Å². The fourth-order valence-corrected chi connectivity index (χ4v) is 7.59. The van der Waals surface area contributed by atoms with Crippen LogP contribution in [0.5, 0.6) is 0 Å². The summed E-state index contributed by atoms with van der Waals surface area (Å²) in [4.78, 5) is 40.2. The van der Waals surface area contributed by atoms with E-state index in [2.05, 4.69) is 34.3 Å². The van der Waals surface area contributed by atoms with Crippen LogP contribution in [0.4, 0.5) is 4.79 Å². The van der Waals surface area contributed by atoms with Crippen LogP contribution in [-0.4, -0.2) is 66.4 Å². The lowest BCUT2D eigenvalue weighted by Crippen LogP contribution is -2.59. The summed E-state index contributed by atoms with van der Waals surface area (Å²) in [7, 11) is 0. The highest BCUT2D eigenvalue weighted by atomic mass is 32.1. The number of hydrazine groups is 1. The molecular formula is C37H50N4O5S. The molecule has 1 saturated carbocycles. The third-order valence-corrected chi connectivity index (χ3v) is 10.2. The molecule has 47 heavy (non-hydrogen) atoms. The highest BCUT2D eigenvalue weighted by Gasteiger charge is 2.43. The van der Waals surface area contributed by atoms with Gasteiger partial charge in [0.15, 0.2) is 0 Å². The zero-order chi connectivity index (χ0) is 33.4. The molecule has 3 amide bonds. The summed E-state index contributed by atoms with van der Waals surface area (Å²) in [5.74, 6) is 0.183. The Balaban J connectivity index is 1.14. The molecule has 5 rings (SSSR count). The number of thiophene rings is 1. The molecule has 1 aliphatic carbocycles. The first kappa shape index (κ1) is 34.9. The van der Waals surface area contributed by atoms with Gasteiger partial charge in [0.25, 0.3) is 5.91 Å². The molecule has 254 valence electrons. The second kappa shape index (κ2) is 15.6. The van der Waals surface area contributed by atoms with Gasteiger partial charge in [0, 0.05) is 24.4 Å². The number of piperidine rings is 1. The zero-order valence-corrected chi connectivity index (χ0v) is 29.0. The van der Waals surface area contributed by atoms with Crippen LogP contribution in [0.3, 0.4) is 0 Å². The minimum atomic E-state index is -0.931. The van der Waals surface area contributed by atoms with E-state index in [0.29, 0.717) is 43.3 Å². The standard InChI is InChI=1S/C37H50N4O5S/c1-26-12-13-29-24-32(47-31(29)22-26)33(42)39-37(17-8-9-18-37)34(43)38-30(23-28-10-6-5-7-11-28)25-45-21-16-27-14-19-41(20-15-27)40-35(44)46-36(2,3)4/h5-7,10-13,22,24,27,30H,8-9,14-21,23,25H2,1-4H3,(H,38,43)(H,39,42)(H,40,44). The Labute approximate surface area is 282 Å². The molecular weight excluding hydrogens is 612 g/mol. The summed E-state index contributed by atoms with van der Waals surface area (Å²) >= 11 is 1.47. The summed E-state index contributed by atoms with van der Waals surface area (Å²) in [5.41, 5.74) is 3.67. The number of carbonyl (C=O) groups excluding carboxylic acids is 3. The van der Waals surface area contributed by atoms with Gasteiger partial charge in [-0.2, -0.15) is 0 Å². The third kappa shape index (κ3) is 10.0. The Morgan fingerprint density at radius 3 is 2.45 bits per heavy atom. The van der Waals surface area contributed by atoms with E-state index in [-0.39, 0.29) is 17.9 Å². The van der Waals surface area contributed by atoms with Crippen molar-refractivity contribution in [3.63, 3.8) is 0 Å². The number of nitrogens with one attached hydrogen (secondary N) is 3. The number of rotatable bonds is 12. The summed E-state index contributed by atoms with van der Waals surface area (Å²) < 4.78 is 12.6. The fraction of sp³-hybridized carbons (Fsp3) is 0.541. The van der Waals surface area contributed by atoms with E-state index >= 15 is 0 Å².